The number of rotatable bonds is 6. The molecule has 1 atom stereocenters. The molecule has 0 saturated heterocycles. The molecule has 0 aliphatic heterocycles. The van der Waals surface area contributed by atoms with Gasteiger partial charge in [-0.1, -0.05) is 19.0 Å². The van der Waals surface area contributed by atoms with E-state index in [1.807, 2.05) is 13.8 Å². The van der Waals surface area contributed by atoms with E-state index in [1.165, 1.54) is 6.92 Å². The van der Waals surface area contributed by atoms with Gasteiger partial charge in [0.2, 0.25) is 0 Å². The second-order valence-corrected chi connectivity index (χ2v) is 8.56. The summed E-state index contributed by atoms with van der Waals surface area (Å²) in [5.41, 5.74) is 0.950. The number of aliphatic imine (C=N–C) groups is 1. The fraction of sp³-hybridized carbons (Fsp3) is 0.571. The topological polar surface area (TPSA) is 130 Å². The van der Waals surface area contributed by atoms with Crippen LogP contribution in [0, 0.1) is 5.41 Å². The Morgan fingerprint density at radius 3 is 2.62 bits per heavy atom. The first-order valence-electron chi connectivity index (χ1n) is 9.85. The molecule has 0 radical (unpaired) electrons. The molecule has 8 heteroatoms. The van der Waals surface area contributed by atoms with Crippen molar-refractivity contribution in [3.8, 4) is 0 Å². The number of nitrogens with zero attached hydrogens (tertiary/aromatic N) is 2. The SMILES string of the molecule is CC(N=C(CCc1noc2c1C(=O)CCC2)C1=C(O)CC(C)(C)CC1=O)C(=O)O. The summed E-state index contributed by atoms with van der Waals surface area (Å²) < 4.78 is 5.29. The zero-order valence-corrected chi connectivity index (χ0v) is 16.9. The first kappa shape index (κ1) is 21.0. The number of carbonyl (C=O) groups excluding carboxylic acids is 2. The smallest absolute Gasteiger partial charge is 0.328 e. The zero-order chi connectivity index (χ0) is 21.3. The number of carbonyl (C=O) groups is 3. The van der Waals surface area contributed by atoms with Crippen LogP contribution in [-0.4, -0.2) is 44.7 Å². The van der Waals surface area contributed by atoms with E-state index < -0.39 is 12.0 Å². The number of ketones is 2. The molecule has 2 aliphatic rings. The minimum Gasteiger partial charge on any atom is -0.511 e. The number of fused-ring (bicyclic) bond motifs is 1. The Balaban J connectivity index is 1.92. The van der Waals surface area contributed by atoms with Crippen molar-refractivity contribution in [2.75, 3.05) is 0 Å². The van der Waals surface area contributed by atoms with E-state index in [9.17, 15) is 24.6 Å². The third-order valence-electron chi connectivity index (χ3n) is 5.37. The van der Waals surface area contributed by atoms with Gasteiger partial charge in [-0.3, -0.25) is 14.6 Å². The van der Waals surface area contributed by atoms with Gasteiger partial charge in [0.15, 0.2) is 11.6 Å². The molecule has 1 aromatic heterocycles. The molecule has 0 amide bonds. The number of allylic oxidation sites excluding steroid dienone is 2. The lowest BCUT2D eigenvalue weighted by Crippen LogP contribution is -2.30. The summed E-state index contributed by atoms with van der Waals surface area (Å²) in [7, 11) is 0. The summed E-state index contributed by atoms with van der Waals surface area (Å²) in [6.45, 7) is 5.20. The molecule has 1 unspecified atom stereocenters. The van der Waals surface area contributed by atoms with Crippen molar-refractivity contribution in [3.63, 3.8) is 0 Å². The Hall–Kier alpha value is -2.77. The van der Waals surface area contributed by atoms with E-state index in [1.54, 1.807) is 0 Å². The molecular weight excluding hydrogens is 376 g/mol. The summed E-state index contributed by atoms with van der Waals surface area (Å²) in [5, 5.41) is 23.8. The number of aliphatic hydroxyl groups is 1. The summed E-state index contributed by atoms with van der Waals surface area (Å²) in [5.74, 6) is -0.891. The van der Waals surface area contributed by atoms with Crippen LogP contribution in [0.3, 0.4) is 0 Å². The van der Waals surface area contributed by atoms with Crippen LogP contribution in [0.1, 0.15) is 74.7 Å². The van der Waals surface area contributed by atoms with Gasteiger partial charge in [0, 0.05) is 25.7 Å². The lowest BCUT2D eigenvalue weighted by molar-refractivity contribution is -0.138. The van der Waals surface area contributed by atoms with Gasteiger partial charge in [-0.15, -0.1) is 0 Å². The van der Waals surface area contributed by atoms with E-state index in [2.05, 4.69) is 10.1 Å². The van der Waals surface area contributed by atoms with Crippen LogP contribution in [0.4, 0.5) is 0 Å². The molecule has 8 nitrogen and oxygen atoms in total. The number of hydrogen-bond donors (Lipinski definition) is 2. The maximum absolute atomic E-state index is 12.7. The molecule has 2 aliphatic carbocycles. The fourth-order valence-corrected chi connectivity index (χ4v) is 3.95. The normalized spacial score (nSPS) is 20.6. The third-order valence-corrected chi connectivity index (χ3v) is 5.37. The highest BCUT2D eigenvalue weighted by atomic mass is 16.5. The van der Waals surface area contributed by atoms with Gasteiger partial charge in [-0.05, 0) is 31.6 Å². The van der Waals surface area contributed by atoms with E-state index in [0.717, 1.165) is 6.42 Å². The first-order valence-corrected chi connectivity index (χ1v) is 9.85. The van der Waals surface area contributed by atoms with Crippen molar-refractivity contribution in [2.45, 2.75) is 71.8 Å². The molecule has 1 aromatic rings. The van der Waals surface area contributed by atoms with Gasteiger partial charge in [0.1, 0.15) is 17.6 Å². The minimum atomic E-state index is -1.12. The van der Waals surface area contributed by atoms with Crippen LogP contribution in [0.25, 0.3) is 0 Å². The molecule has 1 heterocycles. The predicted molar refractivity (Wildman–Crippen MR) is 104 cm³/mol. The van der Waals surface area contributed by atoms with Crippen LogP contribution in [0.2, 0.25) is 0 Å². The quantitative estimate of drug-likeness (QED) is 0.699. The van der Waals surface area contributed by atoms with E-state index >= 15 is 0 Å². The molecule has 0 aromatic carbocycles. The Labute approximate surface area is 168 Å². The van der Waals surface area contributed by atoms with E-state index in [4.69, 9.17) is 4.52 Å². The van der Waals surface area contributed by atoms with Gasteiger partial charge >= 0.3 is 5.97 Å². The van der Waals surface area contributed by atoms with Crippen LogP contribution < -0.4 is 0 Å². The lowest BCUT2D eigenvalue weighted by Gasteiger charge is -2.30. The summed E-state index contributed by atoms with van der Waals surface area (Å²) in [6.07, 6.45) is 2.83. The number of aliphatic carboxylic acids is 1. The lowest BCUT2D eigenvalue weighted by atomic mass is 9.75. The molecule has 2 N–H and O–H groups in total. The highest BCUT2D eigenvalue weighted by Gasteiger charge is 2.35. The number of carboxylic acid groups (broad SMARTS) is 1. The van der Waals surface area contributed by atoms with Crippen LogP contribution in [0.15, 0.2) is 20.8 Å². The number of hydrogen-bond acceptors (Lipinski definition) is 7. The highest BCUT2D eigenvalue weighted by molar-refractivity contribution is 6.23. The third kappa shape index (κ3) is 4.46. The molecule has 156 valence electrons. The standard InChI is InChI=1S/C21H26N2O6/c1-11(20(27)28)22-12(18-15(25)9-21(2,3)10-16(18)26)7-8-13-19-14(24)5-4-6-17(19)29-23-13/h11,25H,4-10H2,1-3H3,(H,27,28). The number of aryl methyl sites for hydroxylation is 2. The number of carboxylic acids is 1. The number of aromatic nitrogens is 1. The Morgan fingerprint density at radius 1 is 1.24 bits per heavy atom. The largest absolute Gasteiger partial charge is 0.511 e. The summed E-state index contributed by atoms with van der Waals surface area (Å²) in [6, 6.07) is -1.07. The van der Waals surface area contributed by atoms with Crippen molar-refractivity contribution in [1.29, 1.82) is 0 Å². The van der Waals surface area contributed by atoms with Crippen molar-refractivity contribution in [2.24, 2.45) is 10.4 Å². The fourth-order valence-electron chi connectivity index (χ4n) is 3.95. The first-order chi connectivity index (χ1) is 13.6. The van der Waals surface area contributed by atoms with Crippen molar-refractivity contribution < 1.29 is 29.1 Å². The molecule has 0 bridgehead atoms. The predicted octanol–water partition coefficient (Wildman–Crippen LogP) is 3.24. The molecular formula is C21H26N2O6. The highest BCUT2D eigenvalue weighted by Crippen LogP contribution is 2.37. The Kier molecular flexibility index (Phi) is 5.73. The van der Waals surface area contributed by atoms with Gasteiger partial charge in [0.25, 0.3) is 0 Å². The maximum Gasteiger partial charge on any atom is 0.328 e. The van der Waals surface area contributed by atoms with Crippen molar-refractivity contribution in [3.05, 3.63) is 28.3 Å². The molecule has 0 fully saturated rings. The summed E-state index contributed by atoms with van der Waals surface area (Å²) >= 11 is 0. The van der Waals surface area contributed by atoms with Crippen LogP contribution >= 0.6 is 0 Å². The molecule has 29 heavy (non-hydrogen) atoms. The average molecular weight is 402 g/mol. The molecule has 3 rings (SSSR count). The average Bonchev–Trinajstić information content (AvgIpc) is 3.02. The second-order valence-electron chi connectivity index (χ2n) is 8.56. The van der Waals surface area contributed by atoms with Gasteiger partial charge in [-0.2, -0.15) is 0 Å². The van der Waals surface area contributed by atoms with Crippen molar-refractivity contribution >= 4 is 23.2 Å². The maximum atomic E-state index is 12.7. The van der Waals surface area contributed by atoms with Crippen LogP contribution in [-0.2, 0) is 22.4 Å². The number of aliphatic hydroxyl groups excluding tert-OH is 1. The van der Waals surface area contributed by atoms with Gasteiger partial charge in [-0.25, -0.2) is 4.79 Å². The second kappa shape index (κ2) is 7.93. The zero-order valence-electron chi connectivity index (χ0n) is 16.9. The van der Waals surface area contributed by atoms with Crippen molar-refractivity contribution in [1.82, 2.24) is 5.16 Å². The molecule has 0 spiro atoms. The summed E-state index contributed by atoms with van der Waals surface area (Å²) in [4.78, 5) is 40.5. The van der Waals surface area contributed by atoms with E-state index in [-0.39, 0.29) is 53.3 Å². The monoisotopic (exact) mass is 402 g/mol. The Bertz CT molecular complexity index is 922. The number of Topliss-reactive ketones (excluding diaryl/α,β-unsaturated/α-hetero) is 2. The van der Waals surface area contributed by atoms with Crippen LogP contribution in [0.5, 0.6) is 0 Å². The van der Waals surface area contributed by atoms with Gasteiger partial charge < -0.3 is 14.7 Å². The Morgan fingerprint density at radius 2 is 1.97 bits per heavy atom. The molecule has 0 saturated carbocycles. The van der Waals surface area contributed by atoms with Gasteiger partial charge in [0.05, 0.1) is 22.5 Å². The van der Waals surface area contributed by atoms with E-state index in [0.29, 0.717) is 36.3 Å². The minimum absolute atomic E-state index is 0.0163.